The second-order valence-corrected chi connectivity index (χ2v) is 3.37. The van der Waals surface area contributed by atoms with Crippen molar-refractivity contribution in [1.82, 2.24) is 5.32 Å². The minimum absolute atomic E-state index is 0.844. The number of aliphatic carboxylic acids is 1. The average molecular weight is 215 g/mol. The third-order valence-electron chi connectivity index (χ3n) is 1.65. The van der Waals surface area contributed by atoms with E-state index in [1.807, 2.05) is 0 Å². The summed E-state index contributed by atoms with van der Waals surface area (Å²) in [6.07, 6.45) is -7.29. The van der Waals surface area contributed by atoms with Gasteiger partial charge in [-0.15, -0.1) is 0 Å². The van der Waals surface area contributed by atoms with E-state index in [1.165, 1.54) is 13.8 Å². The summed E-state index contributed by atoms with van der Waals surface area (Å²) in [6, 6.07) is 0. The first-order chi connectivity index (χ1) is 6.07. The van der Waals surface area contributed by atoms with Gasteiger partial charge in [0.05, 0.1) is 0 Å². The van der Waals surface area contributed by atoms with Gasteiger partial charge in [0, 0.05) is 6.54 Å². The predicted octanol–water partition coefficient (Wildman–Crippen LogP) is 0.362. The van der Waals surface area contributed by atoms with E-state index in [0.29, 0.717) is 0 Å². The molecule has 0 aromatic rings. The third-order valence-corrected chi connectivity index (χ3v) is 1.65. The highest BCUT2D eigenvalue weighted by atomic mass is 19.4. The first-order valence-corrected chi connectivity index (χ1v) is 3.80. The molecule has 84 valence electrons. The van der Waals surface area contributed by atoms with Crippen LogP contribution in [0.4, 0.5) is 13.2 Å². The Morgan fingerprint density at radius 3 is 2.14 bits per heavy atom. The van der Waals surface area contributed by atoms with Crippen LogP contribution in [0.1, 0.15) is 13.8 Å². The van der Waals surface area contributed by atoms with Gasteiger partial charge in [0.25, 0.3) is 0 Å². The smallest absolute Gasteiger partial charge is 0.415 e. The largest absolute Gasteiger partial charge is 0.480 e. The molecule has 4 nitrogen and oxygen atoms in total. The number of nitrogens with one attached hydrogen (secondary N) is 1. The van der Waals surface area contributed by atoms with Crippen LogP contribution in [-0.2, 0) is 4.79 Å². The third kappa shape index (κ3) is 3.93. The average Bonchev–Trinajstić information content (AvgIpc) is 1.98. The number of carboxylic acid groups (broad SMARTS) is 1. The van der Waals surface area contributed by atoms with Gasteiger partial charge in [-0.05, 0) is 13.8 Å². The molecular formula is C7H12F3NO3. The first kappa shape index (κ1) is 13.2. The van der Waals surface area contributed by atoms with Crippen LogP contribution in [0, 0.1) is 0 Å². The molecule has 0 aliphatic carbocycles. The molecule has 3 N–H and O–H groups in total. The molecule has 0 spiro atoms. The quantitative estimate of drug-likeness (QED) is 0.633. The Kier molecular flexibility index (Phi) is 3.90. The molecule has 0 saturated carbocycles. The maximum Gasteiger partial charge on any atom is 0.415 e. The van der Waals surface area contributed by atoms with Crippen molar-refractivity contribution < 1.29 is 28.2 Å². The van der Waals surface area contributed by atoms with Crippen molar-refractivity contribution in [3.63, 3.8) is 0 Å². The van der Waals surface area contributed by atoms with Crippen molar-refractivity contribution in [3.8, 4) is 0 Å². The summed E-state index contributed by atoms with van der Waals surface area (Å²) in [5.41, 5.74) is -1.49. The number of β-amino-alcohol motifs (C(OH)–C–C–N with tert-alkyl or cyclic N) is 1. The molecule has 1 atom stereocenters. The van der Waals surface area contributed by atoms with E-state index in [1.54, 1.807) is 0 Å². The fourth-order valence-corrected chi connectivity index (χ4v) is 0.543. The van der Waals surface area contributed by atoms with E-state index in [4.69, 9.17) is 10.2 Å². The number of aliphatic hydroxyl groups is 1. The SMILES string of the molecule is CC(C)(NCC(O)C(F)(F)F)C(=O)O. The molecule has 0 fully saturated rings. The number of rotatable bonds is 4. The minimum Gasteiger partial charge on any atom is -0.480 e. The molecule has 0 aromatic heterocycles. The van der Waals surface area contributed by atoms with Crippen LogP contribution in [-0.4, -0.2) is 40.5 Å². The molecule has 14 heavy (non-hydrogen) atoms. The Morgan fingerprint density at radius 1 is 1.43 bits per heavy atom. The van der Waals surface area contributed by atoms with Crippen molar-refractivity contribution >= 4 is 5.97 Å². The molecule has 0 rings (SSSR count). The molecule has 0 heterocycles. The molecule has 0 aliphatic heterocycles. The van der Waals surface area contributed by atoms with Crippen LogP contribution in [0.25, 0.3) is 0 Å². The molecule has 0 saturated heterocycles. The predicted molar refractivity (Wildman–Crippen MR) is 41.8 cm³/mol. The Bertz CT molecular complexity index is 215. The zero-order valence-electron chi connectivity index (χ0n) is 7.72. The second-order valence-electron chi connectivity index (χ2n) is 3.37. The van der Waals surface area contributed by atoms with Crippen molar-refractivity contribution in [2.45, 2.75) is 31.7 Å². The summed E-state index contributed by atoms with van der Waals surface area (Å²) in [4.78, 5) is 10.5. The number of halogens is 3. The molecule has 7 heteroatoms. The van der Waals surface area contributed by atoms with Gasteiger partial charge in [-0.3, -0.25) is 10.1 Å². The lowest BCUT2D eigenvalue weighted by molar-refractivity contribution is -0.203. The van der Waals surface area contributed by atoms with Crippen molar-refractivity contribution in [3.05, 3.63) is 0 Å². The molecular weight excluding hydrogens is 203 g/mol. The standard InChI is InChI=1S/C7H12F3NO3/c1-6(2,5(13)14)11-3-4(12)7(8,9)10/h4,11-12H,3H2,1-2H3,(H,13,14). The molecule has 0 radical (unpaired) electrons. The Balaban J connectivity index is 4.13. The van der Waals surface area contributed by atoms with Gasteiger partial charge in [-0.25, -0.2) is 0 Å². The van der Waals surface area contributed by atoms with Crippen LogP contribution >= 0.6 is 0 Å². The van der Waals surface area contributed by atoms with E-state index in [0.717, 1.165) is 0 Å². The molecule has 0 aromatic carbocycles. The molecule has 0 aliphatic rings. The summed E-state index contributed by atoms with van der Waals surface area (Å²) >= 11 is 0. The summed E-state index contributed by atoms with van der Waals surface area (Å²) in [5, 5.41) is 19.2. The van der Waals surface area contributed by atoms with Crippen molar-refractivity contribution in [2.75, 3.05) is 6.54 Å². The van der Waals surface area contributed by atoms with Crippen LogP contribution in [0.3, 0.4) is 0 Å². The number of hydrogen-bond acceptors (Lipinski definition) is 3. The summed E-state index contributed by atoms with van der Waals surface area (Å²) in [7, 11) is 0. The fourth-order valence-electron chi connectivity index (χ4n) is 0.543. The number of alkyl halides is 3. The fraction of sp³-hybridized carbons (Fsp3) is 0.857. The summed E-state index contributed by atoms with van der Waals surface area (Å²) in [5.74, 6) is -1.29. The second kappa shape index (κ2) is 4.14. The normalized spacial score (nSPS) is 15.3. The number of aliphatic hydroxyl groups excluding tert-OH is 1. The molecule has 1 unspecified atom stereocenters. The topological polar surface area (TPSA) is 69.6 Å². The maximum atomic E-state index is 11.8. The summed E-state index contributed by atoms with van der Waals surface area (Å²) in [6.45, 7) is 1.57. The Morgan fingerprint density at radius 2 is 1.86 bits per heavy atom. The van der Waals surface area contributed by atoms with E-state index >= 15 is 0 Å². The van der Waals surface area contributed by atoms with Crippen LogP contribution in [0.2, 0.25) is 0 Å². The van der Waals surface area contributed by atoms with Crippen molar-refractivity contribution in [2.24, 2.45) is 0 Å². The van der Waals surface area contributed by atoms with E-state index < -0.39 is 30.3 Å². The van der Waals surface area contributed by atoms with Crippen LogP contribution < -0.4 is 5.32 Å². The van der Waals surface area contributed by atoms with E-state index in [2.05, 4.69) is 5.32 Å². The summed E-state index contributed by atoms with van der Waals surface area (Å²) < 4.78 is 35.4. The number of hydrogen-bond donors (Lipinski definition) is 3. The first-order valence-electron chi connectivity index (χ1n) is 3.80. The van der Waals surface area contributed by atoms with Gasteiger partial charge < -0.3 is 10.2 Å². The lowest BCUT2D eigenvalue weighted by Gasteiger charge is -2.23. The highest BCUT2D eigenvalue weighted by molar-refractivity contribution is 5.77. The minimum atomic E-state index is -4.73. The Labute approximate surface area is 78.7 Å². The van der Waals surface area contributed by atoms with Crippen LogP contribution in [0.5, 0.6) is 0 Å². The van der Waals surface area contributed by atoms with E-state index in [9.17, 15) is 18.0 Å². The Hall–Kier alpha value is -0.820. The highest BCUT2D eigenvalue weighted by Crippen LogP contribution is 2.19. The van der Waals surface area contributed by atoms with E-state index in [-0.39, 0.29) is 0 Å². The van der Waals surface area contributed by atoms with Gasteiger partial charge in [-0.1, -0.05) is 0 Å². The van der Waals surface area contributed by atoms with Gasteiger partial charge in [0.2, 0.25) is 0 Å². The van der Waals surface area contributed by atoms with Gasteiger partial charge >= 0.3 is 12.1 Å². The number of carbonyl (C=O) groups is 1. The zero-order valence-corrected chi connectivity index (χ0v) is 7.72. The molecule has 0 amide bonds. The van der Waals surface area contributed by atoms with Gasteiger partial charge in [0.15, 0.2) is 6.10 Å². The van der Waals surface area contributed by atoms with Gasteiger partial charge in [-0.2, -0.15) is 13.2 Å². The monoisotopic (exact) mass is 215 g/mol. The number of carboxylic acids is 1. The lowest BCUT2D eigenvalue weighted by Crippen LogP contribution is -2.51. The van der Waals surface area contributed by atoms with Gasteiger partial charge in [0.1, 0.15) is 5.54 Å². The zero-order chi connectivity index (χ0) is 11.6. The molecule has 0 bridgehead atoms. The highest BCUT2D eigenvalue weighted by Gasteiger charge is 2.39. The lowest BCUT2D eigenvalue weighted by atomic mass is 10.1. The van der Waals surface area contributed by atoms with Crippen molar-refractivity contribution in [1.29, 1.82) is 0 Å². The maximum absolute atomic E-state index is 11.8. The van der Waals surface area contributed by atoms with Crippen LogP contribution in [0.15, 0.2) is 0 Å².